The molecule has 1 saturated carbocycles. The number of nitrogens with one attached hydrogen (secondary N) is 1. The van der Waals surface area contributed by atoms with Gasteiger partial charge < -0.3 is 10.2 Å². The number of aryl methyl sites for hydroxylation is 3. The number of benzene rings is 4. The summed E-state index contributed by atoms with van der Waals surface area (Å²) in [6.45, 7) is 5.14. The van der Waals surface area contributed by atoms with E-state index in [1.54, 1.807) is 54.6 Å². The Balaban J connectivity index is 1.59. The van der Waals surface area contributed by atoms with Gasteiger partial charge in [0.15, 0.2) is 0 Å². The predicted molar refractivity (Wildman–Crippen MR) is 198 cm³/mol. The fraction of sp³-hybridized carbons (Fsp3) is 0.333. The lowest BCUT2D eigenvalue weighted by Gasteiger charge is -2.35. The van der Waals surface area contributed by atoms with E-state index in [9.17, 15) is 18.0 Å². The van der Waals surface area contributed by atoms with Gasteiger partial charge in [0, 0.05) is 19.0 Å². The van der Waals surface area contributed by atoms with Gasteiger partial charge in [-0.05, 0) is 92.3 Å². The van der Waals surface area contributed by atoms with E-state index >= 15 is 0 Å². The molecular weight excluding hydrogens is 677 g/mol. The van der Waals surface area contributed by atoms with Crippen molar-refractivity contribution in [2.75, 3.05) is 10.8 Å². The number of carbonyl (C=O) groups excluding carboxylic acids is 2. The number of nitrogens with zero attached hydrogens (tertiary/aromatic N) is 2. The second-order valence-electron chi connectivity index (χ2n) is 13.0. The van der Waals surface area contributed by atoms with Gasteiger partial charge in [0.1, 0.15) is 12.6 Å². The topological polar surface area (TPSA) is 86.8 Å². The minimum atomic E-state index is -4.20. The summed E-state index contributed by atoms with van der Waals surface area (Å²) >= 11 is 12.6. The Morgan fingerprint density at radius 2 is 1.43 bits per heavy atom. The van der Waals surface area contributed by atoms with Gasteiger partial charge >= 0.3 is 0 Å². The van der Waals surface area contributed by atoms with E-state index in [1.165, 1.54) is 4.90 Å². The van der Waals surface area contributed by atoms with Crippen LogP contribution in [0.3, 0.4) is 0 Å². The van der Waals surface area contributed by atoms with E-state index in [0.29, 0.717) is 21.3 Å². The molecule has 10 heteroatoms. The Kier molecular flexibility index (Phi) is 12.1. The number of sulfonamides is 1. The van der Waals surface area contributed by atoms with Crippen molar-refractivity contribution >= 4 is 50.7 Å². The molecule has 1 fully saturated rings. The van der Waals surface area contributed by atoms with Crippen LogP contribution < -0.4 is 9.62 Å². The van der Waals surface area contributed by atoms with Crippen LogP contribution >= 0.6 is 23.2 Å². The average molecular weight is 721 g/mol. The summed E-state index contributed by atoms with van der Waals surface area (Å²) in [6, 6.07) is 25.7. The van der Waals surface area contributed by atoms with Gasteiger partial charge in [0.25, 0.3) is 10.0 Å². The summed E-state index contributed by atoms with van der Waals surface area (Å²) in [7, 11) is -4.20. The van der Waals surface area contributed by atoms with Crippen molar-refractivity contribution < 1.29 is 18.0 Å². The molecule has 5 rings (SSSR count). The van der Waals surface area contributed by atoms with Crippen LogP contribution in [0.2, 0.25) is 10.0 Å². The van der Waals surface area contributed by atoms with Crippen molar-refractivity contribution in [3.8, 4) is 0 Å². The Morgan fingerprint density at radius 3 is 2.06 bits per heavy atom. The third-order valence-corrected chi connectivity index (χ3v) is 11.5. The molecule has 2 amide bonds. The minimum absolute atomic E-state index is 0.00938. The summed E-state index contributed by atoms with van der Waals surface area (Å²) in [5, 5.41) is 3.91. The van der Waals surface area contributed by atoms with E-state index in [0.717, 1.165) is 58.7 Å². The van der Waals surface area contributed by atoms with Crippen molar-refractivity contribution in [1.82, 2.24) is 10.2 Å². The molecule has 1 aliphatic carbocycles. The van der Waals surface area contributed by atoms with E-state index in [2.05, 4.69) is 5.32 Å². The van der Waals surface area contributed by atoms with Gasteiger partial charge in [-0.1, -0.05) is 103 Å². The molecule has 0 spiro atoms. The van der Waals surface area contributed by atoms with E-state index in [-0.39, 0.29) is 29.8 Å². The third-order valence-electron chi connectivity index (χ3n) is 8.94. The highest BCUT2D eigenvalue weighted by Gasteiger charge is 2.35. The van der Waals surface area contributed by atoms with Crippen molar-refractivity contribution in [3.63, 3.8) is 0 Å². The lowest BCUT2D eigenvalue weighted by molar-refractivity contribution is -0.140. The zero-order valence-electron chi connectivity index (χ0n) is 28.2. The number of anilines is 1. The van der Waals surface area contributed by atoms with Crippen LogP contribution in [0.4, 0.5) is 5.69 Å². The SMILES string of the molecule is Cc1ccc(S(=O)(=O)N(CC(=O)N(Cc2ccc(Cl)c(Cl)c2)[C@@H](Cc2ccccc2)C(=O)NC2CCCCC2)c2cc(C)cc(C)c2)cc1. The lowest BCUT2D eigenvalue weighted by Crippen LogP contribution is -2.55. The van der Waals surface area contributed by atoms with Crippen molar-refractivity contribution in [2.45, 2.75) is 82.8 Å². The van der Waals surface area contributed by atoms with Gasteiger partial charge in [-0.3, -0.25) is 13.9 Å². The fourth-order valence-electron chi connectivity index (χ4n) is 6.39. The largest absolute Gasteiger partial charge is 0.352 e. The monoisotopic (exact) mass is 719 g/mol. The maximum absolute atomic E-state index is 14.8. The van der Waals surface area contributed by atoms with Crippen LogP contribution in [0, 0.1) is 20.8 Å². The van der Waals surface area contributed by atoms with Crippen molar-refractivity contribution in [2.24, 2.45) is 0 Å². The molecule has 1 aliphatic rings. The first-order valence-corrected chi connectivity index (χ1v) is 18.9. The number of amides is 2. The highest BCUT2D eigenvalue weighted by atomic mass is 35.5. The Bertz CT molecular complexity index is 1860. The van der Waals surface area contributed by atoms with E-state index < -0.39 is 28.5 Å². The summed E-state index contributed by atoms with van der Waals surface area (Å²) in [6.07, 6.45) is 5.18. The number of rotatable bonds is 12. The molecular formula is C39H43Cl2N3O4S. The summed E-state index contributed by atoms with van der Waals surface area (Å²) in [5.41, 5.74) is 4.52. The molecule has 1 atom stereocenters. The van der Waals surface area contributed by atoms with Crippen LogP contribution in [0.5, 0.6) is 0 Å². The Morgan fingerprint density at radius 1 is 0.776 bits per heavy atom. The molecule has 4 aromatic carbocycles. The lowest BCUT2D eigenvalue weighted by atomic mass is 9.94. The zero-order chi connectivity index (χ0) is 35.1. The maximum Gasteiger partial charge on any atom is 0.264 e. The second-order valence-corrected chi connectivity index (χ2v) is 15.7. The number of carbonyl (C=O) groups is 2. The van der Waals surface area contributed by atoms with Gasteiger partial charge in [-0.25, -0.2) is 8.42 Å². The third kappa shape index (κ3) is 9.44. The molecule has 258 valence electrons. The van der Waals surface area contributed by atoms with E-state index in [1.807, 2.05) is 57.2 Å². The summed E-state index contributed by atoms with van der Waals surface area (Å²) in [5.74, 6) is -0.802. The molecule has 49 heavy (non-hydrogen) atoms. The number of hydrogen-bond donors (Lipinski definition) is 1. The first-order chi connectivity index (χ1) is 23.4. The molecule has 0 radical (unpaired) electrons. The number of halogens is 2. The quantitative estimate of drug-likeness (QED) is 0.160. The van der Waals surface area contributed by atoms with Crippen LogP contribution in [0.15, 0.2) is 95.9 Å². The number of hydrogen-bond acceptors (Lipinski definition) is 4. The maximum atomic E-state index is 14.8. The van der Waals surface area contributed by atoms with Crippen molar-refractivity contribution in [3.05, 3.63) is 129 Å². The average Bonchev–Trinajstić information content (AvgIpc) is 3.07. The molecule has 0 aliphatic heterocycles. The fourth-order valence-corrected chi connectivity index (χ4v) is 8.11. The normalized spacial score (nSPS) is 14.2. The standard InChI is InChI=1S/C39H43Cl2N3O4S/c1-27-14-17-34(18-15-27)49(47,48)44(33-21-28(2)20-29(3)22-33)26-38(45)43(25-31-16-19-35(40)36(41)23-31)37(24-30-10-6-4-7-11-30)39(46)42-32-12-8-5-9-13-32/h4,6-7,10-11,14-23,32,37H,5,8-9,12-13,24-26H2,1-3H3,(H,42,46)/t37-/m0/s1. The smallest absolute Gasteiger partial charge is 0.264 e. The highest BCUT2D eigenvalue weighted by molar-refractivity contribution is 7.92. The minimum Gasteiger partial charge on any atom is -0.352 e. The van der Waals surface area contributed by atoms with Gasteiger partial charge in [-0.2, -0.15) is 0 Å². The van der Waals surface area contributed by atoms with E-state index in [4.69, 9.17) is 23.2 Å². The molecule has 0 heterocycles. The van der Waals surface area contributed by atoms with Crippen LogP contribution in [0.1, 0.15) is 59.9 Å². The molecule has 4 aromatic rings. The van der Waals surface area contributed by atoms with Gasteiger partial charge in [-0.15, -0.1) is 0 Å². The van der Waals surface area contributed by atoms with Crippen LogP contribution in [0.25, 0.3) is 0 Å². The van der Waals surface area contributed by atoms with Crippen LogP contribution in [-0.2, 0) is 32.6 Å². The zero-order valence-corrected chi connectivity index (χ0v) is 30.5. The second kappa shape index (κ2) is 16.2. The van der Waals surface area contributed by atoms with Crippen LogP contribution in [-0.4, -0.2) is 43.8 Å². The predicted octanol–water partition coefficient (Wildman–Crippen LogP) is 8.20. The summed E-state index contributed by atoms with van der Waals surface area (Å²) in [4.78, 5) is 30.6. The van der Waals surface area contributed by atoms with Gasteiger partial charge in [0.05, 0.1) is 20.6 Å². The Hall–Kier alpha value is -3.85. The first-order valence-electron chi connectivity index (χ1n) is 16.7. The molecule has 0 bridgehead atoms. The van der Waals surface area contributed by atoms with Crippen molar-refractivity contribution in [1.29, 1.82) is 0 Å². The molecule has 1 N–H and O–H groups in total. The molecule has 7 nitrogen and oxygen atoms in total. The molecule has 0 unspecified atom stereocenters. The summed E-state index contributed by atoms with van der Waals surface area (Å²) < 4.78 is 29.9. The Labute approximate surface area is 300 Å². The molecule has 0 aromatic heterocycles. The van der Waals surface area contributed by atoms with Gasteiger partial charge in [0.2, 0.25) is 11.8 Å². The molecule has 0 saturated heterocycles. The first kappa shape index (κ1) is 36.4. The highest BCUT2D eigenvalue weighted by Crippen LogP contribution is 2.29.